The second kappa shape index (κ2) is 6.36. The molecule has 0 spiro atoms. The fourth-order valence-corrected chi connectivity index (χ4v) is 2.62. The minimum Gasteiger partial charge on any atom is -0.366 e. The van der Waals surface area contributed by atoms with Crippen LogP contribution in [-0.4, -0.2) is 30.5 Å². The van der Waals surface area contributed by atoms with Gasteiger partial charge in [0, 0.05) is 32.6 Å². The van der Waals surface area contributed by atoms with Crippen molar-refractivity contribution < 1.29 is 9.72 Å². The van der Waals surface area contributed by atoms with Crippen LogP contribution < -0.4 is 10.2 Å². The molecule has 1 fully saturated rings. The van der Waals surface area contributed by atoms with Gasteiger partial charge in [0.1, 0.15) is 5.69 Å². The van der Waals surface area contributed by atoms with E-state index in [-0.39, 0.29) is 16.5 Å². The van der Waals surface area contributed by atoms with Gasteiger partial charge in [0.25, 0.3) is 5.69 Å². The molecule has 1 saturated heterocycles. The SMILES string of the molecule is CC(=O)NCC1CCCN(c2ccccc2[N+](=O)[O-])C1. The Hall–Kier alpha value is -2.11. The summed E-state index contributed by atoms with van der Waals surface area (Å²) in [5, 5.41) is 13.9. The molecular weight excluding hydrogens is 258 g/mol. The zero-order valence-electron chi connectivity index (χ0n) is 11.5. The molecule has 2 rings (SSSR count). The Morgan fingerprint density at radius 3 is 2.95 bits per heavy atom. The van der Waals surface area contributed by atoms with E-state index < -0.39 is 0 Å². The number of carbonyl (C=O) groups excluding carboxylic acids is 1. The van der Waals surface area contributed by atoms with Crippen molar-refractivity contribution in [3.8, 4) is 0 Å². The number of carbonyl (C=O) groups is 1. The van der Waals surface area contributed by atoms with Crippen molar-refractivity contribution in [3.05, 3.63) is 34.4 Å². The van der Waals surface area contributed by atoms with Crippen molar-refractivity contribution >= 4 is 17.3 Å². The standard InChI is InChI=1S/C14H19N3O3/c1-11(18)15-9-12-5-4-8-16(10-12)13-6-2-3-7-14(13)17(19)20/h2-3,6-7,12H,4-5,8-10H2,1H3,(H,15,18). The van der Waals surface area contributed by atoms with Gasteiger partial charge in [-0.15, -0.1) is 0 Å². The molecule has 108 valence electrons. The van der Waals surface area contributed by atoms with E-state index in [1.165, 1.54) is 13.0 Å². The predicted octanol–water partition coefficient (Wildman–Crippen LogP) is 1.95. The van der Waals surface area contributed by atoms with E-state index in [0.29, 0.717) is 18.2 Å². The Labute approximate surface area is 117 Å². The molecule has 0 radical (unpaired) electrons. The monoisotopic (exact) mass is 277 g/mol. The minimum atomic E-state index is -0.341. The Morgan fingerprint density at radius 1 is 1.50 bits per heavy atom. The molecule has 0 aliphatic carbocycles. The second-order valence-electron chi connectivity index (χ2n) is 5.14. The van der Waals surface area contributed by atoms with E-state index in [2.05, 4.69) is 5.32 Å². The molecule has 20 heavy (non-hydrogen) atoms. The van der Waals surface area contributed by atoms with Gasteiger partial charge in [0.2, 0.25) is 5.91 Å². The van der Waals surface area contributed by atoms with Crippen molar-refractivity contribution in [3.63, 3.8) is 0 Å². The molecule has 0 bridgehead atoms. The lowest BCUT2D eigenvalue weighted by Crippen LogP contribution is -2.40. The summed E-state index contributed by atoms with van der Waals surface area (Å²) in [4.78, 5) is 23.8. The normalized spacial score (nSPS) is 18.6. The van der Waals surface area contributed by atoms with Crippen LogP contribution in [0.5, 0.6) is 0 Å². The van der Waals surface area contributed by atoms with E-state index >= 15 is 0 Å². The summed E-state index contributed by atoms with van der Waals surface area (Å²) in [7, 11) is 0. The summed E-state index contributed by atoms with van der Waals surface area (Å²) >= 11 is 0. The third-order valence-electron chi connectivity index (χ3n) is 3.58. The first kappa shape index (κ1) is 14.3. The van der Waals surface area contributed by atoms with Crippen molar-refractivity contribution in [2.45, 2.75) is 19.8 Å². The van der Waals surface area contributed by atoms with E-state index in [1.807, 2.05) is 11.0 Å². The van der Waals surface area contributed by atoms with E-state index in [4.69, 9.17) is 0 Å². The van der Waals surface area contributed by atoms with Gasteiger partial charge in [0.05, 0.1) is 4.92 Å². The van der Waals surface area contributed by atoms with Gasteiger partial charge < -0.3 is 10.2 Å². The van der Waals surface area contributed by atoms with Crippen LogP contribution in [0.15, 0.2) is 24.3 Å². The van der Waals surface area contributed by atoms with Gasteiger partial charge in [-0.1, -0.05) is 12.1 Å². The summed E-state index contributed by atoms with van der Waals surface area (Å²) in [6.45, 7) is 3.70. The molecule has 1 amide bonds. The third-order valence-corrected chi connectivity index (χ3v) is 3.58. The Kier molecular flexibility index (Phi) is 4.55. The number of piperidine rings is 1. The van der Waals surface area contributed by atoms with E-state index in [0.717, 1.165) is 25.9 Å². The number of nitrogens with zero attached hydrogens (tertiary/aromatic N) is 2. The quantitative estimate of drug-likeness (QED) is 0.674. The molecule has 6 nitrogen and oxygen atoms in total. The summed E-state index contributed by atoms with van der Waals surface area (Å²) in [5.41, 5.74) is 0.817. The highest BCUT2D eigenvalue weighted by Gasteiger charge is 2.25. The van der Waals surface area contributed by atoms with Crippen LogP contribution >= 0.6 is 0 Å². The molecular formula is C14H19N3O3. The van der Waals surface area contributed by atoms with Crippen molar-refractivity contribution in [2.75, 3.05) is 24.5 Å². The summed E-state index contributed by atoms with van der Waals surface area (Å²) in [6.07, 6.45) is 2.02. The summed E-state index contributed by atoms with van der Waals surface area (Å²) < 4.78 is 0. The largest absolute Gasteiger partial charge is 0.366 e. The highest BCUT2D eigenvalue weighted by atomic mass is 16.6. The second-order valence-corrected chi connectivity index (χ2v) is 5.14. The lowest BCUT2D eigenvalue weighted by Gasteiger charge is -2.34. The lowest BCUT2D eigenvalue weighted by molar-refractivity contribution is -0.384. The molecule has 1 unspecified atom stereocenters. The van der Waals surface area contributed by atoms with Gasteiger partial charge in [-0.3, -0.25) is 14.9 Å². The lowest BCUT2D eigenvalue weighted by atomic mass is 9.97. The van der Waals surface area contributed by atoms with Crippen LogP contribution in [0.3, 0.4) is 0 Å². The molecule has 1 heterocycles. The number of nitro benzene ring substituents is 1. The summed E-state index contributed by atoms with van der Waals surface area (Å²) in [5.74, 6) is 0.306. The maximum absolute atomic E-state index is 11.1. The molecule has 1 N–H and O–H groups in total. The number of amides is 1. The zero-order chi connectivity index (χ0) is 14.5. The number of anilines is 1. The Morgan fingerprint density at radius 2 is 2.25 bits per heavy atom. The summed E-state index contributed by atoms with van der Waals surface area (Å²) in [6, 6.07) is 6.83. The fraction of sp³-hybridized carbons (Fsp3) is 0.500. The molecule has 1 aliphatic heterocycles. The van der Waals surface area contributed by atoms with Gasteiger partial charge >= 0.3 is 0 Å². The first-order valence-corrected chi connectivity index (χ1v) is 6.80. The Bertz CT molecular complexity index is 504. The average molecular weight is 277 g/mol. The van der Waals surface area contributed by atoms with Crippen molar-refractivity contribution in [1.29, 1.82) is 0 Å². The van der Waals surface area contributed by atoms with Crippen LogP contribution in [0.4, 0.5) is 11.4 Å². The topological polar surface area (TPSA) is 75.5 Å². The number of nitro groups is 1. The average Bonchev–Trinajstić information content (AvgIpc) is 2.45. The maximum Gasteiger partial charge on any atom is 0.292 e. The molecule has 1 atom stereocenters. The zero-order valence-corrected chi connectivity index (χ0v) is 11.5. The maximum atomic E-state index is 11.1. The molecule has 0 aromatic heterocycles. The van der Waals surface area contributed by atoms with Crippen LogP contribution in [0.1, 0.15) is 19.8 Å². The molecule has 6 heteroatoms. The first-order chi connectivity index (χ1) is 9.58. The van der Waals surface area contributed by atoms with Gasteiger partial charge in [-0.05, 0) is 24.8 Å². The highest BCUT2D eigenvalue weighted by Crippen LogP contribution is 2.30. The van der Waals surface area contributed by atoms with Gasteiger partial charge in [-0.25, -0.2) is 0 Å². The van der Waals surface area contributed by atoms with E-state index in [9.17, 15) is 14.9 Å². The van der Waals surface area contributed by atoms with Crippen molar-refractivity contribution in [1.82, 2.24) is 5.32 Å². The molecule has 1 aromatic carbocycles. The van der Waals surface area contributed by atoms with Crippen LogP contribution in [0.25, 0.3) is 0 Å². The Balaban J connectivity index is 2.09. The molecule has 1 aromatic rings. The minimum absolute atomic E-state index is 0.0344. The number of hydrogen-bond donors (Lipinski definition) is 1. The molecule has 1 aliphatic rings. The number of nitrogens with one attached hydrogen (secondary N) is 1. The third kappa shape index (κ3) is 3.46. The smallest absolute Gasteiger partial charge is 0.292 e. The highest BCUT2D eigenvalue weighted by molar-refractivity contribution is 5.72. The number of para-hydroxylation sites is 2. The molecule has 0 saturated carbocycles. The predicted molar refractivity (Wildman–Crippen MR) is 76.7 cm³/mol. The number of rotatable bonds is 4. The van der Waals surface area contributed by atoms with Crippen LogP contribution in [0, 0.1) is 16.0 Å². The fourth-order valence-electron chi connectivity index (χ4n) is 2.62. The van der Waals surface area contributed by atoms with Crippen LogP contribution in [0.2, 0.25) is 0 Å². The van der Waals surface area contributed by atoms with Gasteiger partial charge in [0.15, 0.2) is 0 Å². The van der Waals surface area contributed by atoms with Crippen LogP contribution in [-0.2, 0) is 4.79 Å². The van der Waals surface area contributed by atoms with Gasteiger partial charge in [-0.2, -0.15) is 0 Å². The van der Waals surface area contributed by atoms with E-state index in [1.54, 1.807) is 12.1 Å². The van der Waals surface area contributed by atoms with Crippen molar-refractivity contribution in [2.24, 2.45) is 5.92 Å². The number of hydrogen-bond acceptors (Lipinski definition) is 4. The first-order valence-electron chi connectivity index (χ1n) is 6.80. The number of benzene rings is 1.